The number of rotatable bonds is 2. The molecular weight excluding hydrogens is 164 g/mol. The first-order valence-corrected chi connectivity index (χ1v) is 4.71. The van der Waals surface area contributed by atoms with Crippen molar-refractivity contribution in [3.05, 3.63) is 21.4 Å². The summed E-state index contributed by atoms with van der Waals surface area (Å²) in [5, 5.41) is 0. The molecule has 0 atom stereocenters. The Balaban J connectivity index is 2.81. The van der Waals surface area contributed by atoms with Gasteiger partial charge in [0, 0.05) is 15.6 Å². The summed E-state index contributed by atoms with van der Waals surface area (Å²) in [5.41, 5.74) is 1.41. The van der Waals surface area contributed by atoms with Gasteiger partial charge in [-0.15, -0.1) is 22.9 Å². The lowest BCUT2D eigenvalue weighted by Gasteiger charge is -1.91. The lowest BCUT2D eigenvalue weighted by molar-refractivity contribution is 1.14. The highest BCUT2D eigenvalue weighted by Gasteiger charge is 2.00. The third-order valence-electron chi connectivity index (χ3n) is 1.51. The molecule has 0 aromatic carbocycles. The minimum atomic E-state index is 0.733. The quantitative estimate of drug-likeness (QED) is 0.605. The van der Waals surface area contributed by atoms with E-state index in [2.05, 4.69) is 19.9 Å². The number of aryl methyl sites for hydroxylation is 3. The summed E-state index contributed by atoms with van der Waals surface area (Å²) in [6, 6.07) is 2.22. The van der Waals surface area contributed by atoms with Gasteiger partial charge in [-0.2, -0.15) is 0 Å². The fourth-order valence-electron chi connectivity index (χ4n) is 1.03. The van der Waals surface area contributed by atoms with E-state index in [9.17, 15) is 0 Å². The van der Waals surface area contributed by atoms with Crippen LogP contribution in [0.4, 0.5) is 0 Å². The molecule has 0 bridgehead atoms. The van der Waals surface area contributed by atoms with Gasteiger partial charge in [0.1, 0.15) is 0 Å². The molecule has 1 heterocycles. The monoisotopic (exact) mass is 174 g/mol. The molecule has 0 nitrogen and oxygen atoms in total. The Bertz CT molecular complexity index is 215. The van der Waals surface area contributed by atoms with Gasteiger partial charge < -0.3 is 0 Å². The number of halogens is 1. The maximum Gasteiger partial charge on any atom is 0.0264 e. The summed E-state index contributed by atoms with van der Waals surface area (Å²) >= 11 is 7.47. The van der Waals surface area contributed by atoms with Crippen LogP contribution in [-0.2, 0) is 6.42 Å². The normalized spacial score (nSPS) is 10.3. The van der Waals surface area contributed by atoms with E-state index in [1.165, 1.54) is 15.3 Å². The Morgan fingerprint density at radius 3 is 2.60 bits per heavy atom. The fourth-order valence-corrected chi connectivity index (χ4v) is 2.21. The molecule has 56 valence electrons. The average Bonchev–Trinajstić information content (AvgIpc) is 2.13. The topological polar surface area (TPSA) is 0 Å². The second kappa shape index (κ2) is 3.40. The highest BCUT2D eigenvalue weighted by Crippen LogP contribution is 2.20. The van der Waals surface area contributed by atoms with E-state index in [0.29, 0.717) is 0 Å². The molecule has 10 heavy (non-hydrogen) atoms. The van der Waals surface area contributed by atoms with E-state index in [4.69, 9.17) is 11.6 Å². The van der Waals surface area contributed by atoms with E-state index in [1.54, 1.807) is 0 Å². The molecule has 0 saturated carbocycles. The van der Waals surface area contributed by atoms with E-state index in [1.807, 2.05) is 11.3 Å². The maximum atomic E-state index is 5.62. The zero-order valence-electron chi connectivity index (χ0n) is 6.28. The van der Waals surface area contributed by atoms with Crippen molar-refractivity contribution in [2.24, 2.45) is 0 Å². The van der Waals surface area contributed by atoms with Crippen LogP contribution in [0.3, 0.4) is 0 Å². The molecule has 0 aliphatic rings. The minimum Gasteiger partial charge on any atom is -0.146 e. The first-order chi connectivity index (χ1) is 4.74. The van der Waals surface area contributed by atoms with Gasteiger partial charge in [0.15, 0.2) is 0 Å². The van der Waals surface area contributed by atoms with Gasteiger partial charge in [-0.3, -0.25) is 0 Å². The van der Waals surface area contributed by atoms with Crippen LogP contribution >= 0.6 is 22.9 Å². The number of alkyl halides is 1. The smallest absolute Gasteiger partial charge is 0.0264 e. The predicted molar refractivity (Wildman–Crippen MR) is 48.2 cm³/mol. The molecule has 0 aliphatic carbocycles. The molecule has 2 heteroatoms. The molecule has 0 amide bonds. The van der Waals surface area contributed by atoms with Crippen molar-refractivity contribution < 1.29 is 0 Å². The third-order valence-corrected chi connectivity index (χ3v) is 2.70. The zero-order valence-corrected chi connectivity index (χ0v) is 7.85. The van der Waals surface area contributed by atoms with E-state index in [0.717, 1.165) is 12.3 Å². The molecule has 0 radical (unpaired) electrons. The first kappa shape index (κ1) is 8.09. The van der Waals surface area contributed by atoms with Crippen LogP contribution in [0.15, 0.2) is 6.07 Å². The molecule has 1 aromatic heterocycles. The molecule has 0 spiro atoms. The number of thiophene rings is 1. The standard InChI is InChI=1S/C8H11ClS/c1-6-5-8(3-4-9)7(2)10-6/h5H,3-4H2,1-2H3. The zero-order chi connectivity index (χ0) is 7.56. The SMILES string of the molecule is Cc1cc(CCCl)c(C)s1. The Labute approximate surface area is 70.8 Å². The van der Waals surface area contributed by atoms with Crippen LogP contribution in [-0.4, -0.2) is 5.88 Å². The molecule has 1 aromatic rings. The van der Waals surface area contributed by atoms with E-state index < -0.39 is 0 Å². The van der Waals surface area contributed by atoms with Gasteiger partial charge in [-0.25, -0.2) is 0 Å². The Hall–Kier alpha value is -0.0100. The van der Waals surface area contributed by atoms with E-state index >= 15 is 0 Å². The van der Waals surface area contributed by atoms with E-state index in [-0.39, 0.29) is 0 Å². The maximum absolute atomic E-state index is 5.62. The summed E-state index contributed by atoms with van der Waals surface area (Å²) in [5.74, 6) is 0.733. The van der Waals surface area contributed by atoms with Crippen LogP contribution in [0.25, 0.3) is 0 Å². The predicted octanol–water partition coefficient (Wildman–Crippen LogP) is 3.15. The van der Waals surface area contributed by atoms with Gasteiger partial charge >= 0.3 is 0 Å². The van der Waals surface area contributed by atoms with Crippen molar-refractivity contribution in [1.82, 2.24) is 0 Å². The first-order valence-electron chi connectivity index (χ1n) is 3.36. The summed E-state index contributed by atoms with van der Waals surface area (Å²) < 4.78 is 0. The molecule has 0 fully saturated rings. The second-order valence-corrected chi connectivity index (χ2v) is 4.22. The fraction of sp³-hybridized carbons (Fsp3) is 0.500. The molecule has 0 unspecified atom stereocenters. The molecule has 0 aliphatic heterocycles. The number of hydrogen-bond acceptors (Lipinski definition) is 1. The van der Waals surface area contributed by atoms with Crippen molar-refractivity contribution in [2.75, 3.05) is 5.88 Å². The summed E-state index contributed by atoms with van der Waals surface area (Å²) in [4.78, 5) is 2.80. The van der Waals surface area contributed by atoms with Crippen LogP contribution in [0.1, 0.15) is 15.3 Å². The average molecular weight is 175 g/mol. The van der Waals surface area contributed by atoms with Crippen LogP contribution in [0, 0.1) is 13.8 Å². The number of hydrogen-bond donors (Lipinski definition) is 0. The highest BCUT2D eigenvalue weighted by molar-refractivity contribution is 7.12. The summed E-state index contributed by atoms with van der Waals surface area (Å²) in [6.45, 7) is 4.29. The van der Waals surface area contributed by atoms with Crippen molar-refractivity contribution in [3.63, 3.8) is 0 Å². The van der Waals surface area contributed by atoms with Gasteiger partial charge in [0.25, 0.3) is 0 Å². The van der Waals surface area contributed by atoms with Gasteiger partial charge in [-0.05, 0) is 31.9 Å². The second-order valence-electron chi connectivity index (χ2n) is 2.38. The van der Waals surface area contributed by atoms with Crippen molar-refractivity contribution in [3.8, 4) is 0 Å². The minimum absolute atomic E-state index is 0.733. The van der Waals surface area contributed by atoms with Gasteiger partial charge in [-0.1, -0.05) is 0 Å². The van der Waals surface area contributed by atoms with Crippen molar-refractivity contribution in [1.29, 1.82) is 0 Å². The summed E-state index contributed by atoms with van der Waals surface area (Å²) in [7, 11) is 0. The lowest BCUT2D eigenvalue weighted by atomic mass is 10.2. The lowest BCUT2D eigenvalue weighted by Crippen LogP contribution is -1.83. The van der Waals surface area contributed by atoms with Gasteiger partial charge in [0.05, 0.1) is 0 Å². The van der Waals surface area contributed by atoms with Crippen LogP contribution < -0.4 is 0 Å². The molecule has 1 rings (SSSR count). The molecule has 0 N–H and O–H groups in total. The largest absolute Gasteiger partial charge is 0.146 e. The van der Waals surface area contributed by atoms with Crippen LogP contribution in [0.2, 0.25) is 0 Å². The summed E-state index contributed by atoms with van der Waals surface area (Å²) in [6.07, 6.45) is 1.01. The van der Waals surface area contributed by atoms with Crippen molar-refractivity contribution >= 4 is 22.9 Å². The highest BCUT2D eigenvalue weighted by atomic mass is 35.5. The Kier molecular flexibility index (Phi) is 2.75. The molecule has 0 saturated heterocycles. The van der Waals surface area contributed by atoms with Crippen LogP contribution in [0.5, 0.6) is 0 Å². The Morgan fingerprint density at radius 2 is 2.20 bits per heavy atom. The third kappa shape index (κ3) is 1.74. The van der Waals surface area contributed by atoms with Crippen molar-refractivity contribution in [2.45, 2.75) is 20.3 Å². The molecular formula is C8H11ClS. The van der Waals surface area contributed by atoms with Gasteiger partial charge in [0.2, 0.25) is 0 Å². The Morgan fingerprint density at radius 1 is 1.50 bits per heavy atom.